The van der Waals surface area contributed by atoms with E-state index in [9.17, 15) is 0 Å². The zero-order chi connectivity index (χ0) is 46.5. The first-order valence-corrected chi connectivity index (χ1v) is 30.2. The zero-order valence-electron chi connectivity index (χ0n) is 42.6. The molecule has 0 amide bonds. The fourth-order valence-electron chi connectivity index (χ4n) is 11.5. The maximum absolute atomic E-state index is 3.96. The first-order chi connectivity index (χ1) is 30.7. The van der Waals surface area contributed by atoms with Crippen LogP contribution < -0.4 is 0 Å². The molecular formula is C62H82Si2. The molecule has 4 saturated carbocycles. The number of allylic oxidation sites excluding steroid dienone is 8. The second-order valence-corrected chi connectivity index (χ2v) is 32.1. The summed E-state index contributed by atoms with van der Waals surface area (Å²) in [6.45, 7) is 28.6. The van der Waals surface area contributed by atoms with Crippen LogP contribution in [-0.2, 0) is 0 Å². The normalized spacial score (nSPS) is 16.5. The summed E-state index contributed by atoms with van der Waals surface area (Å²) in [5.41, 5.74) is 20.9. The highest BCUT2D eigenvalue weighted by Gasteiger charge is 2.42. The molecule has 0 saturated heterocycles. The molecule has 0 aliphatic heterocycles. The van der Waals surface area contributed by atoms with Crippen molar-refractivity contribution in [3.63, 3.8) is 0 Å². The Morgan fingerprint density at radius 1 is 0.266 bits per heavy atom. The quantitative estimate of drug-likeness (QED) is 0.184. The van der Waals surface area contributed by atoms with Gasteiger partial charge in [0.15, 0.2) is 0 Å². The van der Waals surface area contributed by atoms with Gasteiger partial charge in [0, 0.05) is 0 Å². The molecule has 0 atom stereocenters. The summed E-state index contributed by atoms with van der Waals surface area (Å²) in [6.07, 6.45) is 23.4. The van der Waals surface area contributed by atoms with Crippen LogP contribution >= 0.6 is 0 Å². The van der Waals surface area contributed by atoms with Crippen LogP contribution in [0.4, 0.5) is 0 Å². The van der Waals surface area contributed by atoms with Crippen LogP contribution in [0.2, 0.25) is 33.2 Å². The van der Waals surface area contributed by atoms with Gasteiger partial charge in [-0.1, -0.05) is 121 Å². The van der Waals surface area contributed by atoms with Gasteiger partial charge in [-0.25, -0.2) is 0 Å². The van der Waals surface area contributed by atoms with E-state index in [4.69, 9.17) is 0 Å². The molecule has 0 heterocycles. The monoisotopic (exact) mass is 883 g/mol. The van der Waals surface area contributed by atoms with Gasteiger partial charge in [0.05, 0.1) is 22.3 Å². The number of hydrogen-bond donors (Lipinski definition) is 0. The summed E-state index contributed by atoms with van der Waals surface area (Å²) in [5.74, 6) is 47.6. The average molecular weight is 884 g/mol. The summed E-state index contributed by atoms with van der Waals surface area (Å²) in [7, 11) is -3.76. The Morgan fingerprint density at radius 2 is 0.438 bits per heavy atom. The number of hydrogen-bond acceptors (Lipinski definition) is 0. The summed E-state index contributed by atoms with van der Waals surface area (Å²) in [6, 6.07) is 0. The molecule has 0 spiro atoms. The van der Waals surface area contributed by atoms with E-state index in [1.807, 2.05) is 0 Å². The van der Waals surface area contributed by atoms with E-state index in [0.717, 1.165) is 73.7 Å². The molecule has 4 aliphatic carbocycles. The predicted molar refractivity (Wildman–Crippen MR) is 285 cm³/mol. The molecular weight excluding hydrogens is 801 g/mol. The van der Waals surface area contributed by atoms with Crippen LogP contribution in [0, 0.1) is 94.0 Å². The highest BCUT2D eigenvalue weighted by Crippen LogP contribution is 2.42. The minimum atomic E-state index is -1.88. The fourth-order valence-corrected chi connectivity index (χ4v) is 21.9. The lowest BCUT2D eigenvalue weighted by atomic mass is 9.91. The first-order valence-electron chi connectivity index (χ1n) is 25.7. The van der Waals surface area contributed by atoms with Gasteiger partial charge in [0.2, 0.25) is 0 Å². The van der Waals surface area contributed by atoms with Gasteiger partial charge < -0.3 is 0 Å². The lowest BCUT2D eigenvalue weighted by Gasteiger charge is -2.38. The SMILES string of the molecule is CC(C)[Si](C#CC(C#CC#CC(C#CC#CC(C#CC#CC(C#C[Si](C(C)C)(C(C)C)C(C)C)=C1CCCCC1)=C1CCCCC1)=C1CCCCC1)=C1CCCCC1)(C(C)C)C(C)C. The summed E-state index contributed by atoms with van der Waals surface area (Å²) >= 11 is 0. The Bertz CT molecular complexity index is 2060. The van der Waals surface area contributed by atoms with Gasteiger partial charge in [-0.3, -0.25) is 0 Å². The van der Waals surface area contributed by atoms with Crippen LogP contribution in [0.5, 0.6) is 0 Å². The van der Waals surface area contributed by atoms with Gasteiger partial charge in [-0.15, -0.1) is 11.1 Å². The van der Waals surface area contributed by atoms with E-state index in [-0.39, 0.29) is 0 Å². The molecule has 0 aromatic heterocycles. The predicted octanol–water partition coefficient (Wildman–Crippen LogP) is 16.5. The first kappa shape index (κ1) is 52.5. The van der Waals surface area contributed by atoms with E-state index in [1.165, 1.54) is 99.3 Å². The van der Waals surface area contributed by atoms with Crippen LogP contribution in [0.3, 0.4) is 0 Å². The second kappa shape index (κ2) is 26.7. The van der Waals surface area contributed by atoms with Gasteiger partial charge in [0.1, 0.15) is 16.1 Å². The van der Waals surface area contributed by atoms with Crippen molar-refractivity contribution in [1.29, 1.82) is 0 Å². The summed E-state index contributed by atoms with van der Waals surface area (Å²) in [4.78, 5) is 0. The Hall–Kier alpha value is -4.13. The molecule has 4 aliphatic rings. The summed E-state index contributed by atoms with van der Waals surface area (Å²) in [5, 5.41) is 0. The minimum absolute atomic E-state index is 0.589. The Morgan fingerprint density at radius 3 is 0.609 bits per heavy atom. The van der Waals surface area contributed by atoms with Crippen molar-refractivity contribution in [2.24, 2.45) is 0 Å². The highest BCUT2D eigenvalue weighted by atomic mass is 28.3. The zero-order valence-corrected chi connectivity index (χ0v) is 44.6. The standard InChI is InChI=1S/C62H82Si2/c1-49(2)63(50(3)4,51(5)6)47-45-61(59-35-21-15-22-36-59)43-29-27-41-57(55-31-17-13-18-32-55)39-25-26-40-58(56-33-19-14-20-34-56)42-28-30-44-62(60-37-23-16-24-38-60)46-48-64(52(7)8,53(9)10)54(11)12/h49-54H,13-24,31-38H2,1-12H3. The van der Waals surface area contributed by atoms with Crippen molar-refractivity contribution in [3.05, 3.63) is 44.6 Å². The molecule has 0 radical (unpaired) electrons. The summed E-state index contributed by atoms with van der Waals surface area (Å²) < 4.78 is 0. The average Bonchev–Trinajstić information content (AvgIpc) is 3.28. The van der Waals surface area contributed by atoms with Gasteiger partial charge >= 0.3 is 0 Å². The Balaban J connectivity index is 1.71. The van der Waals surface area contributed by atoms with E-state index in [2.05, 4.69) is 177 Å². The third-order valence-corrected chi connectivity index (χ3v) is 27.7. The van der Waals surface area contributed by atoms with E-state index < -0.39 is 16.1 Å². The van der Waals surface area contributed by atoms with Crippen LogP contribution in [-0.4, -0.2) is 16.1 Å². The molecule has 0 bridgehead atoms. The molecule has 4 fully saturated rings. The lowest BCUT2D eigenvalue weighted by Crippen LogP contribution is -2.43. The molecule has 0 unspecified atom stereocenters. The highest BCUT2D eigenvalue weighted by molar-refractivity contribution is 6.91. The van der Waals surface area contributed by atoms with Crippen molar-refractivity contribution in [1.82, 2.24) is 0 Å². The van der Waals surface area contributed by atoms with Crippen molar-refractivity contribution in [2.75, 3.05) is 0 Å². The van der Waals surface area contributed by atoms with Crippen molar-refractivity contribution < 1.29 is 0 Å². The van der Waals surface area contributed by atoms with E-state index >= 15 is 0 Å². The molecule has 0 N–H and O–H groups in total. The van der Waals surface area contributed by atoms with Gasteiger partial charge in [-0.2, -0.15) is 0 Å². The smallest absolute Gasteiger partial charge is 0.124 e. The molecule has 2 heteroatoms. The Labute approximate surface area is 397 Å². The minimum Gasteiger partial charge on any atom is -0.124 e. The molecule has 0 nitrogen and oxygen atoms in total. The van der Waals surface area contributed by atoms with E-state index in [1.54, 1.807) is 0 Å². The fraction of sp³-hybridized carbons (Fsp3) is 0.613. The molecule has 64 heavy (non-hydrogen) atoms. The molecule has 0 aromatic rings. The lowest BCUT2D eigenvalue weighted by molar-refractivity contribution is 0.597. The third-order valence-electron chi connectivity index (χ3n) is 15.1. The number of rotatable bonds is 6. The van der Waals surface area contributed by atoms with Crippen LogP contribution in [0.15, 0.2) is 44.6 Å². The van der Waals surface area contributed by atoms with Crippen LogP contribution in [0.25, 0.3) is 0 Å². The van der Waals surface area contributed by atoms with Gasteiger partial charge in [-0.05, 0) is 229 Å². The maximum atomic E-state index is 3.96. The van der Waals surface area contributed by atoms with Crippen molar-refractivity contribution in [3.8, 4) is 94.0 Å². The topological polar surface area (TPSA) is 0 Å². The largest absolute Gasteiger partial charge is 0.146 e. The van der Waals surface area contributed by atoms with E-state index in [0.29, 0.717) is 33.2 Å². The molecule has 338 valence electrons. The maximum Gasteiger partial charge on any atom is 0.146 e. The van der Waals surface area contributed by atoms with Crippen LogP contribution in [0.1, 0.15) is 212 Å². The molecule has 4 rings (SSSR count). The Kier molecular flexibility index (Phi) is 21.9. The third kappa shape index (κ3) is 14.7. The van der Waals surface area contributed by atoms with Crippen molar-refractivity contribution in [2.45, 2.75) is 245 Å². The molecule has 0 aromatic carbocycles. The van der Waals surface area contributed by atoms with Crippen molar-refractivity contribution >= 4 is 16.1 Å². The van der Waals surface area contributed by atoms with Gasteiger partial charge in [0.25, 0.3) is 0 Å². The second-order valence-electron chi connectivity index (χ2n) is 21.0.